The minimum Gasteiger partial charge on any atom is -0.460 e. The van der Waals surface area contributed by atoms with Gasteiger partial charge in [0.1, 0.15) is 17.6 Å². The molecule has 28 heavy (non-hydrogen) atoms. The molecule has 3 aromatic rings. The Labute approximate surface area is 163 Å². The summed E-state index contributed by atoms with van der Waals surface area (Å²) in [6, 6.07) is 15.3. The van der Waals surface area contributed by atoms with Crippen LogP contribution in [0.5, 0.6) is 0 Å². The summed E-state index contributed by atoms with van der Waals surface area (Å²) < 4.78 is 7.92. The van der Waals surface area contributed by atoms with Gasteiger partial charge in [0.2, 0.25) is 0 Å². The Morgan fingerprint density at radius 1 is 1.21 bits per heavy atom. The summed E-state index contributed by atoms with van der Waals surface area (Å²) in [5, 5.41) is 32.7. The lowest BCUT2D eigenvalue weighted by Gasteiger charge is -2.17. The minimum absolute atomic E-state index is 0.334. The fourth-order valence-corrected chi connectivity index (χ4v) is 3.57. The molecule has 0 saturated heterocycles. The first-order valence-corrected chi connectivity index (χ1v) is 9.34. The van der Waals surface area contributed by atoms with E-state index in [0.717, 1.165) is 36.5 Å². The third-order valence-electron chi connectivity index (χ3n) is 4.98. The standard InChI is InChI=1S/C21H22N4O3/c22-11-15-4-1-2-5-18(15)21-7-6-17(28-21)13-24-8-3-9-25-16(12-24)10-19(23-25)20(27)14-26/h1-2,4-7,10,20,26-27H,3,8-9,12-14H2/t20-/m0/s1. The van der Waals surface area contributed by atoms with E-state index >= 15 is 0 Å². The molecule has 0 aliphatic carbocycles. The molecule has 7 heteroatoms. The topological polar surface area (TPSA) is 98.5 Å². The van der Waals surface area contributed by atoms with Gasteiger partial charge in [-0.3, -0.25) is 9.58 Å². The van der Waals surface area contributed by atoms with E-state index in [4.69, 9.17) is 9.52 Å². The van der Waals surface area contributed by atoms with Gasteiger partial charge in [-0.1, -0.05) is 12.1 Å². The van der Waals surface area contributed by atoms with E-state index in [1.54, 1.807) is 6.07 Å². The zero-order valence-electron chi connectivity index (χ0n) is 15.5. The number of fused-ring (bicyclic) bond motifs is 1. The van der Waals surface area contributed by atoms with E-state index in [2.05, 4.69) is 16.1 Å². The Bertz CT molecular complexity index is 1000. The SMILES string of the molecule is N#Cc1ccccc1-c1ccc(CN2CCCn3nc([C@@H](O)CO)cc3C2)o1. The van der Waals surface area contributed by atoms with Crippen molar-refractivity contribution >= 4 is 0 Å². The number of aliphatic hydroxyl groups excluding tert-OH is 2. The number of rotatable bonds is 5. The van der Waals surface area contributed by atoms with Crippen LogP contribution >= 0.6 is 0 Å². The van der Waals surface area contributed by atoms with Crippen molar-refractivity contribution in [1.29, 1.82) is 5.26 Å². The number of furan rings is 1. The molecule has 0 spiro atoms. The molecular formula is C21H22N4O3. The van der Waals surface area contributed by atoms with Crippen LogP contribution in [-0.2, 0) is 19.6 Å². The normalized spacial score (nSPS) is 15.6. The maximum absolute atomic E-state index is 9.83. The van der Waals surface area contributed by atoms with Crippen molar-refractivity contribution in [3.05, 3.63) is 65.2 Å². The van der Waals surface area contributed by atoms with Gasteiger partial charge in [-0.15, -0.1) is 0 Å². The summed E-state index contributed by atoms with van der Waals surface area (Å²) in [7, 11) is 0. The van der Waals surface area contributed by atoms with E-state index < -0.39 is 6.10 Å². The Hall–Kier alpha value is -2.92. The van der Waals surface area contributed by atoms with Crippen LogP contribution in [0.15, 0.2) is 46.9 Å². The molecule has 7 nitrogen and oxygen atoms in total. The smallest absolute Gasteiger partial charge is 0.135 e. The number of aromatic nitrogens is 2. The monoisotopic (exact) mass is 378 g/mol. The maximum Gasteiger partial charge on any atom is 0.135 e. The van der Waals surface area contributed by atoms with Gasteiger partial charge in [0.15, 0.2) is 0 Å². The maximum atomic E-state index is 9.83. The van der Waals surface area contributed by atoms with Gasteiger partial charge in [0.25, 0.3) is 0 Å². The third-order valence-corrected chi connectivity index (χ3v) is 4.98. The molecule has 0 saturated carbocycles. The number of hydrogen-bond donors (Lipinski definition) is 2. The lowest BCUT2D eigenvalue weighted by molar-refractivity contribution is 0.0916. The molecule has 1 aliphatic rings. The largest absolute Gasteiger partial charge is 0.460 e. The van der Waals surface area contributed by atoms with Gasteiger partial charge >= 0.3 is 0 Å². The van der Waals surface area contributed by atoms with Crippen molar-refractivity contribution in [3.63, 3.8) is 0 Å². The average molecular weight is 378 g/mol. The molecular weight excluding hydrogens is 356 g/mol. The van der Waals surface area contributed by atoms with E-state index in [0.29, 0.717) is 30.1 Å². The lowest BCUT2D eigenvalue weighted by atomic mass is 10.1. The van der Waals surface area contributed by atoms with Gasteiger partial charge in [0.05, 0.1) is 36.2 Å². The number of benzene rings is 1. The number of aryl methyl sites for hydroxylation is 1. The molecule has 0 radical (unpaired) electrons. The molecule has 2 aromatic heterocycles. The quantitative estimate of drug-likeness (QED) is 0.708. The second kappa shape index (κ2) is 7.98. The van der Waals surface area contributed by atoms with Crippen LogP contribution in [0.2, 0.25) is 0 Å². The van der Waals surface area contributed by atoms with Crippen LogP contribution in [0, 0.1) is 11.3 Å². The molecule has 0 amide bonds. The van der Waals surface area contributed by atoms with Crippen LogP contribution in [0.3, 0.4) is 0 Å². The third kappa shape index (κ3) is 3.71. The first-order valence-electron chi connectivity index (χ1n) is 9.34. The van der Waals surface area contributed by atoms with Crippen LogP contribution in [-0.4, -0.2) is 38.0 Å². The van der Waals surface area contributed by atoms with Crippen molar-refractivity contribution in [3.8, 4) is 17.4 Å². The summed E-state index contributed by atoms with van der Waals surface area (Å²) in [5.74, 6) is 1.53. The molecule has 3 heterocycles. The highest BCUT2D eigenvalue weighted by Crippen LogP contribution is 2.27. The molecule has 1 aliphatic heterocycles. The molecule has 1 aromatic carbocycles. The summed E-state index contributed by atoms with van der Waals surface area (Å²) in [5.41, 5.74) is 2.92. The summed E-state index contributed by atoms with van der Waals surface area (Å²) in [4.78, 5) is 2.27. The number of aliphatic hydroxyl groups is 2. The number of hydrogen-bond acceptors (Lipinski definition) is 6. The summed E-state index contributed by atoms with van der Waals surface area (Å²) in [6.45, 7) is 2.70. The van der Waals surface area contributed by atoms with Crippen molar-refractivity contribution in [1.82, 2.24) is 14.7 Å². The van der Waals surface area contributed by atoms with Crippen LogP contribution < -0.4 is 0 Å². The molecule has 0 bridgehead atoms. The van der Waals surface area contributed by atoms with Gasteiger partial charge in [-0.05, 0) is 36.8 Å². The molecule has 144 valence electrons. The van der Waals surface area contributed by atoms with Gasteiger partial charge in [-0.2, -0.15) is 10.4 Å². The number of nitriles is 1. The zero-order chi connectivity index (χ0) is 19.5. The predicted octanol–water partition coefficient (Wildman–Crippen LogP) is 2.45. The van der Waals surface area contributed by atoms with E-state index in [9.17, 15) is 10.4 Å². The van der Waals surface area contributed by atoms with Gasteiger partial charge in [-0.25, -0.2) is 0 Å². The highest BCUT2D eigenvalue weighted by atomic mass is 16.3. The van der Waals surface area contributed by atoms with E-state index in [1.807, 2.05) is 41.1 Å². The Morgan fingerprint density at radius 2 is 2.07 bits per heavy atom. The minimum atomic E-state index is -0.944. The first-order chi connectivity index (χ1) is 13.7. The predicted molar refractivity (Wildman–Crippen MR) is 102 cm³/mol. The van der Waals surface area contributed by atoms with Crippen molar-refractivity contribution in [2.75, 3.05) is 13.2 Å². The van der Waals surface area contributed by atoms with Crippen LogP contribution in [0.25, 0.3) is 11.3 Å². The average Bonchev–Trinajstić information content (AvgIpc) is 3.30. The van der Waals surface area contributed by atoms with Crippen molar-refractivity contribution < 1.29 is 14.6 Å². The highest BCUT2D eigenvalue weighted by Gasteiger charge is 2.20. The number of nitrogens with zero attached hydrogens (tertiary/aromatic N) is 4. The van der Waals surface area contributed by atoms with Crippen molar-refractivity contribution in [2.24, 2.45) is 0 Å². The zero-order valence-corrected chi connectivity index (χ0v) is 15.5. The lowest BCUT2D eigenvalue weighted by Crippen LogP contribution is -2.22. The molecule has 2 N–H and O–H groups in total. The fourth-order valence-electron chi connectivity index (χ4n) is 3.57. The molecule has 4 rings (SSSR count). The Morgan fingerprint density at radius 3 is 2.89 bits per heavy atom. The molecule has 1 atom stereocenters. The van der Waals surface area contributed by atoms with Gasteiger partial charge in [0, 0.05) is 25.2 Å². The van der Waals surface area contributed by atoms with E-state index in [-0.39, 0.29) is 6.61 Å². The second-order valence-electron chi connectivity index (χ2n) is 6.97. The highest BCUT2D eigenvalue weighted by molar-refractivity contribution is 5.66. The Balaban J connectivity index is 1.50. The summed E-state index contributed by atoms with van der Waals surface area (Å²) in [6.07, 6.45) is -0.00512. The molecule has 0 unspecified atom stereocenters. The Kier molecular flexibility index (Phi) is 5.26. The van der Waals surface area contributed by atoms with Crippen LogP contribution in [0.4, 0.5) is 0 Å². The first kappa shape index (κ1) is 18.4. The summed E-state index contributed by atoms with van der Waals surface area (Å²) >= 11 is 0. The van der Waals surface area contributed by atoms with E-state index in [1.165, 1.54) is 0 Å². The fraction of sp³-hybridized carbons (Fsp3) is 0.333. The van der Waals surface area contributed by atoms with Crippen LogP contribution in [0.1, 0.15) is 35.2 Å². The van der Waals surface area contributed by atoms with Gasteiger partial charge < -0.3 is 14.6 Å². The second-order valence-corrected chi connectivity index (χ2v) is 6.97. The molecule has 0 fully saturated rings. The van der Waals surface area contributed by atoms with Crippen molar-refractivity contribution in [2.45, 2.75) is 32.2 Å².